The van der Waals surface area contributed by atoms with Gasteiger partial charge in [-0.2, -0.15) is 13.2 Å². The lowest BCUT2D eigenvalue weighted by atomic mass is 10.0. The molecule has 8 bridgehead atoms. The molecule has 0 aliphatic carbocycles. The number of hydrogen-bond acceptors (Lipinski definition) is 6. The van der Waals surface area contributed by atoms with Gasteiger partial charge in [-0.15, -0.1) is 0 Å². The molecule has 1 fully saturated rings. The van der Waals surface area contributed by atoms with E-state index in [1.807, 2.05) is 0 Å². The highest BCUT2D eigenvalue weighted by atomic mass is 31.2. The van der Waals surface area contributed by atoms with Crippen molar-refractivity contribution in [3.8, 4) is 11.3 Å². The van der Waals surface area contributed by atoms with E-state index < -0.39 is 19.2 Å². The van der Waals surface area contributed by atoms with Crippen LogP contribution in [0, 0.1) is 0 Å². The molecule has 0 radical (unpaired) electrons. The van der Waals surface area contributed by atoms with E-state index >= 15 is 0 Å². The number of piperidine rings is 1. The van der Waals surface area contributed by atoms with Crippen LogP contribution in [0.15, 0.2) is 24.5 Å². The van der Waals surface area contributed by atoms with Crippen LogP contribution in [0.2, 0.25) is 0 Å². The molecular weight excluding hydrogens is 516 g/mol. The molecule has 1 saturated heterocycles. The highest BCUT2D eigenvalue weighted by Crippen LogP contribution is 2.48. The Morgan fingerprint density at radius 1 is 1.11 bits per heavy atom. The minimum atomic E-state index is -4.67. The number of anilines is 1. The molecule has 8 nitrogen and oxygen atoms in total. The standard InChI is InChI=1S/C26H32F3N6O2P/c1-38(2,37)23-18-9-8-17-19(13-31-22(17)23)21-20(26(27,28)29)14-32-25(34-21)33-16-7-6-12-35(15-16)11-5-3-4-10-30-24(18)36/h8-9,13-14,16,37H,3-7,10-12,15H2,1-2H3,(H2-,30,31,32,33,34,36)/p+1/t16-/m0/s1. The highest BCUT2D eigenvalue weighted by Gasteiger charge is 2.38. The van der Waals surface area contributed by atoms with Crippen molar-refractivity contribution in [2.24, 2.45) is 0 Å². The lowest BCUT2D eigenvalue weighted by molar-refractivity contribution is -0.137. The van der Waals surface area contributed by atoms with E-state index in [1.54, 1.807) is 25.5 Å². The number of aromatic nitrogens is 3. The van der Waals surface area contributed by atoms with E-state index in [0.717, 1.165) is 57.9 Å². The van der Waals surface area contributed by atoms with Gasteiger partial charge in [0.05, 0.1) is 30.1 Å². The molecule has 5 heterocycles. The fraction of sp³-hybridized carbons (Fsp3) is 0.500. The first-order valence-corrected chi connectivity index (χ1v) is 15.6. The van der Waals surface area contributed by atoms with Crippen LogP contribution in [0.1, 0.15) is 48.0 Å². The zero-order valence-corrected chi connectivity index (χ0v) is 22.4. The van der Waals surface area contributed by atoms with Crippen molar-refractivity contribution < 1.29 is 22.9 Å². The molecule has 204 valence electrons. The largest absolute Gasteiger partial charge is 0.419 e. The first-order valence-electron chi connectivity index (χ1n) is 13.0. The second-order valence-corrected chi connectivity index (χ2v) is 13.8. The van der Waals surface area contributed by atoms with Gasteiger partial charge in [-0.25, -0.2) is 14.9 Å². The third-order valence-electron chi connectivity index (χ3n) is 7.25. The summed E-state index contributed by atoms with van der Waals surface area (Å²) in [6, 6.07) is 3.24. The van der Waals surface area contributed by atoms with Gasteiger partial charge >= 0.3 is 6.18 Å². The van der Waals surface area contributed by atoms with Gasteiger partial charge in [-0.3, -0.25) is 4.79 Å². The molecule has 0 spiro atoms. The Morgan fingerprint density at radius 2 is 1.89 bits per heavy atom. The third kappa shape index (κ3) is 5.51. The molecule has 4 N–H and O–H groups in total. The zero-order chi connectivity index (χ0) is 27.1. The average Bonchev–Trinajstić information content (AvgIpc) is 3.27. The van der Waals surface area contributed by atoms with Crippen LogP contribution in [0.3, 0.4) is 0 Å². The number of H-pyrrole nitrogens is 1. The van der Waals surface area contributed by atoms with Gasteiger partial charge in [0.15, 0.2) is 12.8 Å². The fourth-order valence-electron chi connectivity index (χ4n) is 5.49. The number of hydrogen-bond donors (Lipinski definition) is 4. The van der Waals surface area contributed by atoms with Gasteiger partial charge < -0.3 is 20.5 Å². The van der Waals surface area contributed by atoms with Gasteiger partial charge in [0.25, 0.3) is 5.91 Å². The SMILES string of the molecule is C[P+](C)(O)c1c2ccc3c(c[nH]c13)-c1nc(ncc1C(F)(F)F)N[C@H]1CCCN(CCCCCNC2=O)C1. The third-order valence-corrected chi connectivity index (χ3v) is 8.80. The van der Waals surface area contributed by atoms with Crippen molar-refractivity contribution in [1.82, 2.24) is 25.2 Å². The van der Waals surface area contributed by atoms with Crippen LogP contribution < -0.4 is 15.9 Å². The lowest BCUT2D eigenvalue weighted by Crippen LogP contribution is -2.42. The van der Waals surface area contributed by atoms with Crippen LogP contribution >= 0.6 is 7.49 Å². The summed E-state index contributed by atoms with van der Waals surface area (Å²) in [6.45, 7) is 6.50. The molecule has 12 heteroatoms. The number of fused-ring (bicyclic) bond motifs is 7. The van der Waals surface area contributed by atoms with Crippen molar-refractivity contribution in [2.45, 2.75) is 44.3 Å². The Kier molecular flexibility index (Phi) is 7.37. The van der Waals surface area contributed by atoms with E-state index in [4.69, 9.17) is 0 Å². The van der Waals surface area contributed by atoms with Crippen molar-refractivity contribution in [2.75, 3.05) is 44.8 Å². The molecule has 1 amide bonds. The minimum Gasteiger partial charge on any atom is -0.357 e. The Bertz CT molecular complexity index is 1340. The van der Waals surface area contributed by atoms with Crippen molar-refractivity contribution in [3.05, 3.63) is 35.7 Å². The fourth-order valence-corrected chi connectivity index (χ4v) is 6.99. The Morgan fingerprint density at radius 3 is 2.66 bits per heavy atom. The quantitative estimate of drug-likeness (QED) is 0.339. The van der Waals surface area contributed by atoms with E-state index in [2.05, 4.69) is 30.5 Å². The number of alkyl halides is 3. The van der Waals surface area contributed by atoms with E-state index in [1.165, 1.54) is 6.20 Å². The second-order valence-electron chi connectivity index (χ2n) is 10.5. The molecule has 38 heavy (non-hydrogen) atoms. The number of benzene rings is 1. The molecule has 3 aliphatic heterocycles. The van der Waals surface area contributed by atoms with Crippen LogP contribution in [0.25, 0.3) is 22.2 Å². The van der Waals surface area contributed by atoms with Gasteiger partial charge in [-0.05, 0) is 44.8 Å². The number of nitrogens with one attached hydrogen (secondary N) is 3. The summed E-state index contributed by atoms with van der Waals surface area (Å²) in [6.07, 6.45) is 2.28. The van der Waals surface area contributed by atoms with Crippen molar-refractivity contribution in [3.63, 3.8) is 0 Å². The summed E-state index contributed by atoms with van der Waals surface area (Å²) in [5.41, 5.74) is -0.186. The van der Waals surface area contributed by atoms with E-state index in [0.29, 0.717) is 28.3 Å². The van der Waals surface area contributed by atoms with Crippen LogP contribution in [0.5, 0.6) is 0 Å². The predicted molar refractivity (Wildman–Crippen MR) is 144 cm³/mol. The molecular formula is C26H33F3N6O2P+. The summed E-state index contributed by atoms with van der Waals surface area (Å²) in [5, 5.41) is 7.11. The molecule has 6 rings (SSSR count). The minimum absolute atomic E-state index is 0.0341. The van der Waals surface area contributed by atoms with E-state index in [-0.39, 0.29) is 29.2 Å². The van der Waals surface area contributed by atoms with Gasteiger partial charge in [-0.1, -0.05) is 12.5 Å². The highest BCUT2D eigenvalue weighted by molar-refractivity contribution is 7.77. The van der Waals surface area contributed by atoms with Gasteiger partial charge in [0.2, 0.25) is 5.95 Å². The zero-order valence-electron chi connectivity index (χ0n) is 21.5. The molecule has 2 atom stereocenters. The monoisotopic (exact) mass is 549 g/mol. The molecule has 3 aromatic rings. The predicted octanol–water partition coefficient (Wildman–Crippen LogP) is 4.24. The van der Waals surface area contributed by atoms with Gasteiger partial charge in [0, 0.05) is 42.5 Å². The number of amides is 1. The van der Waals surface area contributed by atoms with E-state index in [9.17, 15) is 22.9 Å². The lowest BCUT2D eigenvalue weighted by Gasteiger charge is -2.33. The maximum atomic E-state index is 14.1. The Balaban J connectivity index is 1.67. The summed E-state index contributed by atoms with van der Waals surface area (Å²) < 4.78 is 42.3. The summed E-state index contributed by atoms with van der Waals surface area (Å²) in [4.78, 5) is 38.1. The van der Waals surface area contributed by atoms with Crippen LogP contribution in [0.4, 0.5) is 19.1 Å². The Hall–Kier alpha value is -2.75. The Labute approximate surface area is 219 Å². The number of carbonyl (C=O) groups excluding carboxylic acids is 1. The second kappa shape index (κ2) is 10.4. The smallest absolute Gasteiger partial charge is 0.357 e. The maximum Gasteiger partial charge on any atom is 0.419 e. The summed E-state index contributed by atoms with van der Waals surface area (Å²) in [7, 11) is -2.77. The topological polar surface area (TPSA) is 106 Å². The summed E-state index contributed by atoms with van der Waals surface area (Å²) >= 11 is 0. The molecule has 2 aromatic heterocycles. The number of aromatic amines is 1. The average molecular weight is 550 g/mol. The summed E-state index contributed by atoms with van der Waals surface area (Å²) in [5.74, 6) is -0.153. The molecule has 1 unspecified atom stereocenters. The number of halogens is 3. The number of nitrogens with zero attached hydrogens (tertiary/aromatic N) is 3. The molecule has 0 saturated carbocycles. The molecule has 1 aromatic carbocycles. The normalized spacial score (nSPS) is 21.5. The number of rotatable bonds is 1. The van der Waals surface area contributed by atoms with Gasteiger partial charge in [0.1, 0.15) is 5.56 Å². The van der Waals surface area contributed by atoms with Crippen LogP contribution in [-0.2, 0) is 6.18 Å². The van der Waals surface area contributed by atoms with Crippen molar-refractivity contribution in [1.29, 1.82) is 0 Å². The van der Waals surface area contributed by atoms with Crippen LogP contribution in [-0.4, -0.2) is 76.2 Å². The first-order chi connectivity index (χ1) is 18.0. The first kappa shape index (κ1) is 26.8. The molecule has 3 aliphatic rings. The maximum absolute atomic E-state index is 14.1. The number of carbonyl (C=O) groups is 1. The van der Waals surface area contributed by atoms with Crippen molar-refractivity contribution >= 4 is 35.6 Å².